The molecule has 0 saturated carbocycles. The fourth-order valence-electron chi connectivity index (χ4n) is 3.61. The van der Waals surface area contributed by atoms with Gasteiger partial charge in [-0.05, 0) is 43.2 Å². The predicted molar refractivity (Wildman–Crippen MR) is 125 cm³/mol. The van der Waals surface area contributed by atoms with Crippen LogP contribution in [0.25, 0.3) is 10.1 Å². The van der Waals surface area contributed by atoms with E-state index in [9.17, 15) is 18.0 Å². The molecule has 0 bridgehead atoms. The fraction of sp³-hybridized carbons (Fsp3) is 0.273. The number of hydrogen-bond donors (Lipinski definition) is 2. The van der Waals surface area contributed by atoms with Crippen LogP contribution in [-0.2, 0) is 10.0 Å². The van der Waals surface area contributed by atoms with Gasteiger partial charge in [0, 0.05) is 28.7 Å². The van der Waals surface area contributed by atoms with Crippen molar-refractivity contribution in [1.29, 1.82) is 0 Å². The summed E-state index contributed by atoms with van der Waals surface area (Å²) in [5.41, 5.74) is 4.94. The van der Waals surface area contributed by atoms with Crippen molar-refractivity contribution in [3.8, 4) is 0 Å². The van der Waals surface area contributed by atoms with Crippen LogP contribution < -0.4 is 10.9 Å². The number of carbonyl (C=O) groups excluding carboxylic acids is 2. The molecule has 1 aromatic heterocycles. The van der Waals surface area contributed by atoms with Crippen molar-refractivity contribution >= 4 is 54.9 Å². The van der Waals surface area contributed by atoms with Crippen molar-refractivity contribution in [2.24, 2.45) is 0 Å². The lowest BCUT2D eigenvalue weighted by Crippen LogP contribution is -2.41. The summed E-state index contributed by atoms with van der Waals surface area (Å²) in [6, 6.07) is 13.1. The fourth-order valence-corrected chi connectivity index (χ4v) is 6.54. The van der Waals surface area contributed by atoms with Gasteiger partial charge in [-0.2, -0.15) is 4.31 Å². The summed E-state index contributed by atoms with van der Waals surface area (Å²) in [5.74, 6) is -1.08. The molecule has 2 amide bonds. The molecule has 0 aliphatic carbocycles. The zero-order valence-electron chi connectivity index (χ0n) is 17.1. The summed E-state index contributed by atoms with van der Waals surface area (Å²) < 4.78 is 28.1. The molecule has 32 heavy (non-hydrogen) atoms. The van der Waals surface area contributed by atoms with E-state index in [1.54, 1.807) is 0 Å². The zero-order valence-corrected chi connectivity index (χ0v) is 19.5. The SMILES string of the molecule is O=C(NNC(=O)c1sc2ccccc2c1Cl)c1ccc(S(=O)(=O)N2CCCCCC2)cc1. The Kier molecular flexibility index (Phi) is 6.80. The van der Waals surface area contributed by atoms with Gasteiger partial charge >= 0.3 is 0 Å². The van der Waals surface area contributed by atoms with Crippen molar-refractivity contribution in [3.63, 3.8) is 0 Å². The van der Waals surface area contributed by atoms with Gasteiger partial charge in [0.2, 0.25) is 10.0 Å². The molecule has 10 heteroatoms. The van der Waals surface area contributed by atoms with Crippen molar-refractivity contribution in [2.45, 2.75) is 30.6 Å². The maximum atomic E-state index is 12.9. The molecule has 2 N–H and O–H groups in total. The number of amides is 2. The average molecular weight is 492 g/mol. The van der Waals surface area contributed by atoms with E-state index in [0.717, 1.165) is 35.8 Å². The summed E-state index contributed by atoms with van der Waals surface area (Å²) >= 11 is 7.53. The lowest BCUT2D eigenvalue weighted by molar-refractivity contribution is 0.0849. The maximum absolute atomic E-state index is 12.9. The third kappa shape index (κ3) is 4.66. The summed E-state index contributed by atoms with van der Waals surface area (Å²) in [5, 5.41) is 1.11. The lowest BCUT2D eigenvalue weighted by atomic mass is 10.2. The van der Waals surface area contributed by atoms with Crippen LogP contribution in [0.3, 0.4) is 0 Å². The molecule has 0 unspecified atom stereocenters. The molecule has 1 fully saturated rings. The molecule has 1 aliphatic rings. The van der Waals surface area contributed by atoms with Gasteiger partial charge in [-0.15, -0.1) is 11.3 Å². The molecule has 0 spiro atoms. The Morgan fingerprint density at radius 2 is 1.50 bits per heavy atom. The van der Waals surface area contributed by atoms with Gasteiger partial charge in [-0.1, -0.05) is 42.6 Å². The molecule has 0 atom stereocenters. The van der Waals surface area contributed by atoms with Crippen LogP contribution in [0.15, 0.2) is 53.4 Å². The minimum Gasteiger partial charge on any atom is -0.267 e. The topological polar surface area (TPSA) is 95.6 Å². The highest BCUT2D eigenvalue weighted by atomic mass is 35.5. The number of fused-ring (bicyclic) bond motifs is 1. The number of hydrazine groups is 1. The van der Waals surface area contributed by atoms with E-state index in [2.05, 4.69) is 10.9 Å². The van der Waals surface area contributed by atoms with Gasteiger partial charge in [0.25, 0.3) is 11.8 Å². The highest BCUT2D eigenvalue weighted by Gasteiger charge is 2.25. The van der Waals surface area contributed by atoms with E-state index in [0.29, 0.717) is 23.0 Å². The molecule has 7 nitrogen and oxygen atoms in total. The molecule has 1 saturated heterocycles. The summed E-state index contributed by atoms with van der Waals surface area (Å²) in [6.45, 7) is 1.02. The number of thiophene rings is 1. The van der Waals surface area contributed by atoms with Crippen molar-refractivity contribution < 1.29 is 18.0 Å². The van der Waals surface area contributed by atoms with Gasteiger partial charge in [-0.3, -0.25) is 20.4 Å². The van der Waals surface area contributed by atoms with Gasteiger partial charge < -0.3 is 0 Å². The van der Waals surface area contributed by atoms with Crippen LogP contribution in [0.4, 0.5) is 0 Å². The molecule has 168 valence electrons. The number of sulfonamides is 1. The lowest BCUT2D eigenvalue weighted by Gasteiger charge is -2.20. The Labute approximate surface area is 195 Å². The summed E-state index contributed by atoms with van der Waals surface area (Å²) in [6.07, 6.45) is 3.76. The molecule has 2 heterocycles. The van der Waals surface area contributed by atoms with Crippen molar-refractivity contribution in [2.75, 3.05) is 13.1 Å². The second-order valence-corrected chi connectivity index (χ2v) is 10.9. The first-order valence-corrected chi connectivity index (χ1v) is 12.9. The van der Waals surface area contributed by atoms with Gasteiger partial charge in [0.1, 0.15) is 4.88 Å². The standard InChI is InChI=1S/C22H22ClN3O4S2/c23-19-17-7-3-4-8-18(17)31-20(19)22(28)25-24-21(27)15-9-11-16(12-10-15)32(29,30)26-13-5-1-2-6-14-26/h3-4,7-12H,1-2,5-6,13-14H2,(H,24,27)(H,25,28). The molecular weight excluding hydrogens is 470 g/mol. The van der Waals surface area contributed by atoms with E-state index >= 15 is 0 Å². The largest absolute Gasteiger partial charge is 0.281 e. The maximum Gasteiger partial charge on any atom is 0.281 e. The first kappa shape index (κ1) is 22.7. The van der Waals surface area contributed by atoms with Gasteiger partial charge in [-0.25, -0.2) is 8.42 Å². The predicted octanol–water partition coefficient (Wildman–Crippen LogP) is 4.19. The number of carbonyl (C=O) groups is 2. The number of halogens is 1. The quantitative estimate of drug-likeness (QED) is 0.535. The zero-order chi connectivity index (χ0) is 22.7. The van der Waals surface area contributed by atoms with E-state index in [-0.39, 0.29) is 10.5 Å². The second-order valence-electron chi connectivity index (χ2n) is 7.49. The monoisotopic (exact) mass is 491 g/mol. The third-order valence-corrected chi connectivity index (χ3v) is 8.94. The van der Waals surface area contributed by atoms with Crippen LogP contribution in [-0.4, -0.2) is 37.6 Å². The molecule has 4 rings (SSSR count). The van der Waals surface area contributed by atoms with Crippen LogP contribution in [0.1, 0.15) is 45.7 Å². The van der Waals surface area contributed by atoms with E-state index in [1.807, 2.05) is 24.3 Å². The number of nitrogens with zero attached hydrogens (tertiary/aromatic N) is 1. The first-order chi connectivity index (χ1) is 15.4. The Morgan fingerprint density at radius 3 is 2.16 bits per heavy atom. The Balaban J connectivity index is 1.41. The molecule has 2 aromatic carbocycles. The van der Waals surface area contributed by atoms with Crippen LogP contribution in [0.5, 0.6) is 0 Å². The number of benzene rings is 2. The molecule has 0 radical (unpaired) electrons. The number of nitrogens with one attached hydrogen (secondary N) is 2. The van der Waals surface area contributed by atoms with Gasteiger partial charge in [0.15, 0.2) is 0 Å². The molecule has 1 aliphatic heterocycles. The number of hydrogen-bond acceptors (Lipinski definition) is 5. The highest BCUT2D eigenvalue weighted by Crippen LogP contribution is 2.34. The van der Waals surface area contributed by atoms with Crippen LogP contribution in [0.2, 0.25) is 5.02 Å². The van der Waals surface area contributed by atoms with E-state index in [4.69, 9.17) is 11.6 Å². The smallest absolute Gasteiger partial charge is 0.267 e. The molecule has 3 aromatic rings. The first-order valence-electron chi connectivity index (χ1n) is 10.3. The summed E-state index contributed by atoms with van der Waals surface area (Å²) in [4.78, 5) is 25.4. The van der Waals surface area contributed by atoms with Crippen molar-refractivity contribution in [3.05, 3.63) is 64.0 Å². The molecular formula is C22H22ClN3O4S2. The normalized spacial score (nSPS) is 15.3. The Bertz CT molecular complexity index is 1250. The van der Waals surface area contributed by atoms with Gasteiger partial charge in [0.05, 0.1) is 9.92 Å². The third-order valence-electron chi connectivity index (χ3n) is 5.35. The highest BCUT2D eigenvalue weighted by molar-refractivity contribution is 7.89. The average Bonchev–Trinajstić information content (AvgIpc) is 2.97. The van der Waals surface area contributed by atoms with Crippen LogP contribution >= 0.6 is 22.9 Å². The minimum absolute atomic E-state index is 0.150. The Hall–Kier alpha value is -2.46. The minimum atomic E-state index is -3.59. The summed E-state index contributed by atoms with van der Waals surface area (Å²) in [7, 11) is -3.59. The van der Waals surface area contributed by atoms with Crippen LogP contribution in [0, 0.1) is 0 Å². The van der Waals surface area contributed by atoms with E-state index < -0.39 is 21.8 Å². The van der Waals surface area contributed by atoms with E-state index in [1.165, 1.54) is 39.9 Å². The Morgan fingerprint density at radius 1 is 0.875 bits per heavy atom. The second kappa shape index (κ2) is 9.58. The van der Waals surface area contributed by atoms with Crippen molar-refractivity contribution in [1.82, 2.24) is 15.2 Å². The number of rotatable bonds is 4.